The minimum atomic E-state index is -0.313. The molecule has 0 aliphatic heterocycles. The number of amides is 1. The van der Waals surface area contributed by atoms with E-state index in [9.17, 15) is 4.79 Å². The summed E-state index contributed by atoms with van der Waals surface area (Å²) in [6.07, 6.45) is 0. The predicted octanol–water partition coefficient (Wildman–Crippen LogP) is 4.51. The molecule has 0 heterocycles. The zero-order valence-corrected chi connectivity index (χ0v) is 14.0. The van der Waals surface area contributed by atoms with Crippen molar-refractivity contribution in [1.82, 2.24) is 0 Å². The maximum Gasteiger partial charge on any atom is 0.246 e. The molecule has 0 unspecified atom stereocenters. The highest BCUT2D eigenvalue weighted by Gasteiger charge is 2.13. The van der Waals surface area contributed by atoms with E-state index in [1.54, 1.807) is 0 Å². The highest BCUT2D eigenvalue weighted by Crippen LogP contribution is 2.18. The van der Waals surface area contributed by atoms with Crippen molar-refractivity contribution in [1.29, 1.82) is 0 Å². The molecule has 2 aromatic rings. The van der Waals surface area contributed by atoms with E-state index in [0.717, 1.165) is 21.4 Å². The van der Waals surface area contributed by atoms with Crippen molar-refractivity contribution < 1.29 is 4.79 Å². The fourth-order valence-corrected chi connectivity index (χ4v) is 2.32. The number of hydrogen-bond acceptors (Lipinski definition) is 2. The largest absolute Gasteiger partial charge is 0.374 e. The lowest BCUT2D eigenvalue weighted by atomic mass is 10.1. The van der Waals surface area contributed by atoms with E-state index in [4.69, 9.17) is 0 Å². The van der Waals surface area contributed by atoms with Crippen LogP contribution in [0, 0.1) is 13.8 Å². The van der Waals surface area contributed by atoms with Crippen molar-refractivity contribution in [2.45, 2.75) is 26.8 Å². The van der Waals surface area contributed by atoms with Crippen LogP contribution in [0.2, 0.25) is 0 Å². The molecular formula is C17H19BrN2O. The van der Waals surface area contributed by atoms with Crippen molar-refractivity contribution in [2.24, 2.45) is 0 Å². The topological polar surface area (TPSA) is 41.1 Å². The summed E-state index contributed by atoms with van der Waals surface area (Å²) in [6, 6.07) is 13.4. The number of carbonyl (C=O) groups excluding carboxylic acids is 1. The Hall–Kier alpha value is -1.81. The van der Waals surface area contributed by atoms with E-state index in [2.05, 4.69) is 32.6 Å². The van der Waals surface area contributed by atoms with Crippen LogP contribution in [0.4, 0.5) is 11.4 Å². The van der Waals surface area contributed by atoms with Crippen molar-refractivity contribution in [3.05, 3.63) is 58.1 Å². The number of aryl methyl sites for hydroxylation is 2. The molecule has 4 heteroatoms. The van der Waals surface area contributed by atoms with E-state index in [0.29, 0.717) is 0 Å². The van der Waals surface area contributed by atoms with Gasteiger partial charge in [0.05, 0.1) is 0 Å². The molecule has 0 aliphatic rings. The molecule has 110 valence electrons. The predicted molar refractivity (Wildman–Crippen MR) is 91.8 cm³/mol. The molecule has 3 nitrogen and oxygen atoms in total. The Labute approximate surface area is 133 Å². The number of halogens is 1. The van der Waals surface area contributed by atoms with Crippen LogP contribution in [0.25, 0.3) is 0 Å². The van der Waals surface area contributed by atoms with Gasteiger partial charge >= 0.3 is 0 Å². The smallest absolute Gasteiger partial charge is 0.246 e. The average Bonchev–Trinajstić information content (AvgIpc) is 2.44. The van der Waals surface area contributed by atoms with E-state index < -0.39 is 0 Å². The van der Waals surface area contributed by atoms with Crippen LogP contribution in [0.15, 0.2) is 46.9 Å². The number of nitrogens with one attached hydrogen (secondary N) is 2. The summed E-state index contributed by atoms with van der Waals surface area (Å²) in [4.78, 5) is 12.2. The first-order chi connectivity index (χ1) is 9.95. The first-order valence-electron chi connectivity index (χ1n) is 6.86. The number of carbonyl (C=O) groups is 1. The lowest BCUT2D eigenvalue weighted by Gasteiger charge is -2.16. The quantitative estimate of drug-likeness (QED) is 0.855. The average molecular weight is 347 g/mol. The SMILES string of the molecule is Cc1ccc(NC(=O)[C@@H](C)Nc2ccc(Br)cc2)c(C)c1. The maximum absolute atomic E-state index is 12.2. The molecule has 2 aromatic carbocycles. The van der Waals surface area contributed by atoms with Crippen molar-refractivity contribution in [3.63, 3.8) is 0 Å². The van der Waals surface area contributed by atoms with Crippen LogP contribution in [-0.2, 0) is 4.79 Å². The van der Waals surface area contributed by atoms with Gasteiger partial charge in [0.25, 0.3) is 0 Å². The maximum atomic E-state index is 12.2. The molecule has 0 bridgehead atoms. The van der Waals surface area contributed by atoms with Crippen molar-refractivity contribution in [3.8, 4) is 0 Å². The van der Waals surface area contributed by atoms with E-state index >= 15 is 0 Å². The Bertz CT molecular complexity index is 638. The van der Waals surface area contributed by atoms with Crippen LogP contribution in [-0.4, -0.2) is 11.9 Å². The second-order valence-electron chi connectivity index (χ2n) is 5.18. The highest BCUT2D eigenvalue weighted by molar-refractivity contribution is 9.10. The molecule has 0 aromatic heterocycles. The zero-order chi connectivity index (χ0) is 15.4. The Morgan fingerprint density at radius 2 is 1.76 bits per heavy atom. The third-order valence-electron chi connectivity index (χ3n) is 3.26. The monoisotopic (exact) mass is 346 g/mol. The summed E-state index contributed by atoms with van der Waals surface area (Å²) >= 11 is 3.39. The summed E-state index contributed by atoms with van der Waals surface area (Å²) in [7, 11) is 0. The van der Waals surface area contributed by atoms with Gasteiger partial charge in [0, 0.05) is 15.8 Å². The summed E-state index contributed by atoms with van der Waals surface area (Å²) in [5.41, 5.74) is 4.03. The Morgan fingerprint density at radius 1 is 1.10 bits per heavy atom. The highest BCUT2D eigenvalue weighted by atomic mass is 79.9. The van der Waals surface area contributed by atoms with Crippen LogP contribution >= 0.6 is 15.9 Å². The molecule has 1 atom stereocenters. The van der Waals surface area contributed by atoms with Gasteiger partial charge < -0.3 is 10.6 Å². The van der Waals surface area contributed by atoms with Gasteiger partial charge in [-0.1, -0.05) is 33.6 Å². The van der Waals surface area contributed by atoms with Crippen LogP contribution in [0.1, 0.15) is 18.1 Å². The first kappa shape index (κ1) is 15.6. The van der Waals surface area contributed by atoms with Gasteiger partial charge in [0.15, 0.2) is 0 Å². The molecule has 0 saturated heterocycles. The van der Waals surface area contributed by atoms with E-state index in [1.165, 1.54) is 5.56 Å². The molecule has 1 amide bonds. The summed E-state index contributed by atoms with van der Waals surface area (Å²) in [5, 5.41) is 6.15. The molecule has 0 fully saturated rings. The standard InChI is InChI=1S/C17H19BrN2O/c1-11-4-9-16(12(2)10-11)20-17(21)13(3)19-15-7-5-14(18)6-8-15/h4-10,13,19H,1-3H3,(H,20,21)/t13-/m1/s1. The van der Waals surface area contributed by atoms with Gasteiger partial charge in [0.2, 0.25) is 5.91 Å². The van der Waals surface area contributed by atoms with Crippen molar-refractivity contribution >= 4 is 33.2 Å². The minimum absolute atomic E-state index is 0.0510. The Kier molecular flexibility index (Phi) is 5.02. The number of hydrogen-bond donors (Lipinski definition) is 2. The lowest BCUT2D eigenvalue weighted by Crippen LogP contribution is -2.32. The number of rotatable bonds is 4. The second-order valence-corrected chi connectivity index (χ2v) is 6.10. The molecule has 2 N–H and O–H groups in total. The summed E-state index contributed by atoms with van der Waals surface area (Å²) in [5.74, 6) is -0.0510. The van der Waals surface area contributed by atoms with E-state index in [1.807, 2.05) is 57.2 Å². The first-order valence-corrected chi connectivity index (χ1v) is 7.65. The molecule has 0 spiro atoms. The number of benzene rings is 2. The molecule has 2 rings (SSSR count). The van der Waals surface area contributed by atoms with Gasteiger partial charge in [-0.2, -0.15) is 0 Å². The second kappa shape index (κ2) is 6.76. The normalized spacial score (nSPS) is 11.8. The van der Waals surface area contributed by atoms with Crippen LogP contribution < -0.4 is 10.6 Å². The molecular weight excluding hydrogens is 328 g/mol. The van der Waals surface area contributed by atoms with Gasteiger partial charge in [-0.25, -0.2) is 0 Å². The molecule has 0 aliphatic carbocycles. The molecule has 0 saturated carbocycles. The fraction of sp³-hybridized carbons (Fsp3) is 0.235. The van der Waals surface area contributed by atoms with Gasteiger partial charge in [-0.3, -0.25) is 4.79 Å². The third kappa shape index (κ3) is 4.33. The van der Waals surface area contributed by atoms with Crippen molar-refractivity contribution in [2.75, 3.05) is 10.6 Å². The zero-order valence-electron chi connectivity index (χ0n) is 12.4. The van der Waals surface area contributed by atoms with Gasteiger partial charge in [-0.15, -0.1) is 0 Å². The molecule has 0 radical (unpaired) electrons. The minimum Gasteiger partial charge on any atom is -0.374 e. The fourth-order valence-electron chi connectivity index (χ4n) is 2.06. The Morgan fingerprint density at radius 3 is 2.38 bits per heavy atom. The van der Waals surface area contributed by atoms with Crippen LogP contribution in [0.5, 0.6) is 0 Å². The van der Waals surface area contributed by atoms with Crippen LogP contribution in [0.3, 0.4) is 0 Å². The summed E-state index contributed by atoms with van der Waals surface area (Å²) < 4.78 is 1.01. The Balaban J connectivity index is 2.00. The third-order valence-corrected chi connectivity index (χ3v) is 3.79. The number of anilines is 2. The van der Waals surface area contributed by atoms with Gasteiger partial charge in [0.1, 0.15) is 6.04 Å². The molecule has 21 heavy (non-hydrogen) atoms. The lowest BCUT2D eigenvalue weighted by molar-refractivity contribution is -0.116. The van der Waals surface area contributed by atoms with Gasteiger partial charge in [-0.05, 0) is 56.7 Å². The van der Waals surface area contributed by atoms with E-state index in [-0.39, 0.29) is 11.9 Å². The summed E-state index contributed by atoms with van der Waals surface area (Å²) in [6.45, 7) is 5.88.